The van der Waals surface area contributed by atoms with Crippen molar-refractivity contribution in [3.8, 4) is 0 Å². The molecule has 1 aromatic rings. The van der Waals surface area contributed by atoms with Crippen LogP contribution in [0.25, 0.3) is 0 Å². The first kappa shape index (κ1) is 18.3. The van der Waals surface area contributed by atoms with E-state index in [1.807, 2.05) is 0 Å². The van der Waals surface area contributed by atoms with E-state index in [1.54, 1.807) is 7.11 Å². The average molecular weight is 383 g/mol. The smallest absolute Gasteiger partial charge is 0.244 e. The number of nitrogens with zero attached hydrogens (tertiary/aromatic N) is 1. The molecule has 1 aromatic heterocycles. The zero-order valence-corrected chi connectivity index (χ0v) is 14.0. The molecule has 0 saturated heterocycles. The lowest BCUT2D eigenvalue weighted by molar-refractivity contribution is 0.0699. The van der Waals surface area contributed by atoms with Gasteiger partial charge in [0.1, 0.15) is 4.90 Å². The number of methoxy groups -OCH3 is 1. The fourth-order valence-electron chi connectivity index (χ4n) is 1.44. The number of nitrogens with one attached hydrogen (secondary N) is 2. The molecule has 0 spiro atoms. The van der Waals surface area contributed by atoms with Crippen LogP contribution in [0.2, 0.25) is 0 Å². The monoisotopic (exact) mass is 382 g/mol. The van der Waals surface area contributed by atoms with Crippen molar-refractivity contribution in [2.75, 3.05) is 38.9 Å². The van der Waals surface area contributed by atoms with E-state index in [9.17, 15) is 8.42 Å². The predicted octanol–water partition coefficient (Wildman–Crippen LogP) is 0.461. The molecular weight excluding hydrogens is 364 g/mol. The van der Waals surface area contributed by atoms with Crippen LogP contribution in [0.5, 0.6) is 0 Å². The zero-order valence-electron chi connectivity index (χ0n) is 11.6. The molecule has 0 amide bonds. The van der Waals surface area contributed by atoms with Crippen LogP contribution < -0.4 is 16.0 Å². The number of sulfonamides is 1. The Morgan fingerprint density at radius 1 is 1.38 bits per heavy atom. The van der Waals surface area contributed by atoms with Crippen LogP contribution in [0.15, 0.2) is 21.6 Å². The molecule has 0 atom stereocenters. The van der Waals surface area contributed by atoms with E-state index in [2.05, 4.69) is 31.1 Å². The van der Waals surface area contributed by atoms with Crippen molar-refractivity contribution in [1.29, 1.82) is 0 Å². The maximum absolute atomic E-state index is 12.2. The van der Waals surface area contributed by atoms with Crippen molar-refractivity contribution < 1.29 is 17.9 Å². The number of nitrogen functional groups attached to an aromatic ring is 1. The lowest BCUT2D eigenvalue weighted by atomic mass is 10.5. The summed E-state index contributed by atoms with van der Waals surface area (Å²) in [5.74, 6) is 5.35. The lowest BCUT2D eigenvalue weighted by Gasteiger charge is -2.10. The summed E-state index contributed by atoms with van der Waals surface area (Å²) in [7, 11) is -2.10. The summed E-state index contributed by atoms with van der Waals surface area (Å²) in [6.45, 7) is 1.71. The SMILES string of the molecule is COCCOCCCNS(=O)(=O)c1cc(Br)cnc1NN. The summed E-state index contributed by atoms with van der Waals surface area (Å²) in [6.07, 6.45) is 2.01. The van der Waals surface area contributed by atoms with Gasteiger partial charge < -0.3 is 14.9 Å². The van der Waals surface area contributed by atoms with Gasteiger partial charge in [-0.05, 0) is 28.4 Å². The molecule has 4 N–H and O–H groups in total. The van der Waals surface area contributed by atoms with Crippen molar-refractivity contribution in [2.24, 2.45) is 5.84 Å². The third-order valence-corrected chi connectivity index (χ3v) is 4.34. The van der Waals surface area contributed by atoms with E-state index in [0.717, 1.165) is 0 Å². The number of nitrogens with two attached hydrogens (primary N) is 1. The summed E-state index contributed by atoms with van der Waals surface area (Å²) >= 11 is 3.18. The molecule has 0 saturated carbocycles. The summed E-state index contributed by atoms with van der Waals surface area (Å²) in [5.41, 5.74) is 2.26. The maximum atomic E-state index is 12.2. The van der Waals surface area contributed by atoms with Crippen LogP contribution in [-0.2, 0) is 19.5 Å². The highest BCUT2D eigenvalue weighted by atomic mass is 79.9. The molecular formula is C11H19BrN4O4S. The molecule has 0 fully saturated rings. The van der Waals surface area contributed by atoms with E-state index < -0.39 is 10.0 Å². The topological polar surface area (TPSA) is 116 Å². The van der Waals surface area contributed by atoms with E-state index in [1.165, 1.54) is 12.3 Å². The number of rotatable bonds is 10. The standard InChI is InChI=1S/C11H19BrN4O4S/c1-19-5-6-20-4-2-3-15-21(17,18)10-7-9(12)8-14-11(10)16-13/h7-8,15H,2-6,13H2,1H3,(H,14,16). The summed E-state index contributed by atoms with van der Waals surface area (Å²) in [5, 5.41) is 0. The van der Waals surface area contributed by atoms with Crippen LogP contribution in [0.4, 0.5) is 5.82 Å². The number of hydrogen-bond donors (Lipinski definition) is 3. The highest BCUT2D eigenvalue weighted by Crippen LogP contribution is 2.21. The zero-order chi connectivity index (χ0) is 15.7. The van der Waals surface area contributed by atoms with Gasteiger partial charge >= 0.3 is 0 Å². The second-order valence-electron chi connectivity index (χ2n) is 4.00. The van der Waals surface area contributed by atoms with Crippen LogP contribution in [0.3, 0.4) is 0 Å². The Bertz CT molecular complexity index is 541. The number of pyridine rings is 1. The molecule has 120 valence electrons. The number of aromatic nitrogens is 1. The van der Waals surface area contributed by atoms with Gasteiger partial charge in [0.2, 0.25) is 10.0 Å². The molecule has 0 aliphatic carbocycles. The van der Waals surface area contributed by atoms with E-state index >= 15 is 0 Å². The Hall–Kier alpha value is -0.780. The first-order valence-electron chi connectivity index (χ1n) is 6.19. The number of anilines is 1. The van der Waals surface area contributed by atoms with E-state index in [-0.39, 0.29) is 17.3 Å². The molecule has 0 radical (unpaired) electrons. The third-order valence-electron chi connectivity index (χ3n) is 2.43. The Kier molecular flexibility index (Phi) is 8.07. The maximum Gasteiger partial charge on any atom is 0.244 e. The molecule has 1 rings (SSSR count). The van der Waals surface area contributed by atoms with Gasteiger partial charge in [0.25, 0.3) is 0 Å². The predicted molar refractivity (Wildman–Crippen MR) is 82.2 cm³/mol. The van der Waals surface area contributed by atoms with Gasteiger partial charge in [0, 0.05) is 30.9 Å². The largest absolute Gasteiger partial charge is 0.382 e. The minimum absolute atomic E-state index is 0.0142. The molecule has 0 aliphatic rings. The first-order chi connectivity index (χ1) is 10.0. The number of hydrogen-bond acceptors (Lipinski definition) is 7. The molecule has 0 aliphatic heterocycles. The Balaban J connectivity index is 2.52. The van der Waals surface area contributed by atoms with E-state index in [4.69, 9.17) is 15.3 Å². The average Bonchev–Trinajstić information content (AvgIpc) is 2.46. The van der Waals surface area contributed by atoms with Crippen LogP contribution in [-0.4, -0.2) is 46.9 Å². The summed E-state index contributed by atoms with van der Waals surface area (Å²) < 4.78 is 37.4. The molecule has 1 heterocycles. The molecule has 0 aromatic carbocycles. The third kappa shape index (κ3) is 6.24. The van der Waals surface area contributed by atoms with Crippen LogP contribution in [0, 0.1) is 0 Å². The van der Waals surface area contributed by atoms with Crippen molar-refractivity contribution >= 4 is 31.8 Å². The van der Waals surface area contributed by atoms with Gasteiger partial charge in [-0.1, -0.05) is 0 Å². The first-order valence-corrected chi connectivity index (χ1v) is 8.47. The van der Waals surface area contributed by atoms with Crippen LogP contribution >= 0.6 is 15.9 Å². The van der Waals surface area contributed by atoms with E-state index in [0.29, 0.717) is 30.7 Å². The van der Waals surface area contributed by atoms with Gasteiger partial charge in [0.15, 0.2) is 5.82 Å². The fourth-order valence-corrected chi connectivity index (χ4v) is 3.14. The number of hydrazine groups is 1. The van der Waals surface area contributed by atoms with Crippen molar-refractivity contribution in [3.05, 3.63) is 16.7 Å². The number of halogens is 1. The van der Waals surface area contributed by atoms with Gasteiger partial charge in [-0.25, -0.2) is 24.0 Å². The second-order valence-corrected chi connectivity index (χ2v) is 6.65. The minimum Gasteiger partial charge on any atom is -0.382 e. The summed E-state index contributed by atoms with van der Waals surface area (Å²) in [4.78, 5) is 3.89. The van der Waals surface area contributed by atoms with Crippen molar-refractivity contribution in [2.45, 2.75) is 11.3 Å². The Morgan fingerprint density at radius 2 is 2.14 bits per heavy atom. The molecule has 10 heteroatoms. The minimum atomic E-state index is -3.69. The van der Waals surface area contributed by atoms with Crippen molar-refractivity contribution in [1.82, 2.24) is 9.71 Å². The van der Waals surface area contributed by atoms with Crippen LogP contribution in [0.1, 0.15) is 6.42 Å². The quantitative estimate of drug-likeness (QED) is 0.305. The second kappa shape index (κ2) is 9.28. The normalized spacial score (nSPS) is 11.6. The highest BCUT2D eigenvalue weighted by Gasteiger charge is 2.19. The van der Waals surface area contributed by atoms with Crippen molar-refractivity contribution in [3.63, 3.8) is 0 Å². The molecule has 0 bridgehead atoms. The molecule has 8 nitrogen and oxygen atoms in total. The van der Waals surface area contributed by atoms with Gasteiger partial charge in [0.05, 0.1) is 13.2 Å². The number of ether oxygens (including phenoxy) is 2. The fraction of sp³-hybridized carbons (Fsp3) is 0.545. The summed E-state index contributed by atoms with van der Waals surface area (Å²) in [6, 6.07) is 1.43. The van der Waals surface area contributed by atoms with Gasteiger partial charge in [-0.3, -0.25) is 0 Å². The molecule has 21 heavy (non-hydrogen) atoms. The van der Waals surface area contributed by atoms with Gasteiger partial charge in [-0.2, -0.15) is 0 Å². The highest BCUT2D eigenvalue weighted by molar-refractivity contribution is 9.10. The van der Waals surface area contributed by atoms with Gasteiger partial charge in [-0.15, -0.1) is 0 Å². The Morgan fingerprint density at radius 3 is 2.81 bits per heavy atom. The Labute approximate surface area is 132 Å². The lowest BCUT2D eigenvalue weighted by Crippen LogP contribution is -2.27. The molecule has 0 unspecified atom stereocenters.